The SMILES string of the molecule is CCCC1=C(C(=O)OCC)[C@H](c2ccc3c(c2)OCO3)n2c(s/c(=C\c3cc(C)n(-c4cccc(C(=O)O)c4)c3C)c2=O)=N1. The van der Waals surface area contributed by atoms with Gasteiger partial charge in [-0.3, -0.25) is 9.36 Å². The summed E-state index contributed by atoms with van der Waals surface area (Å²) in [5.74, 6) is -0.372. The van der Waals surface area contributed by atoms with E-state index >= 15 is 0 Å². The van der Waals surface area contributed by atoms with E-state index in [1.807, 2.05) is 49.6 Å². The summed E-state index contributed by atoms with van der Waals surface area (Å²) in [5.41, 5.74) is 4.78. The Morgan fingerprint density at radius 3 is 2.66 bits per heavy atom. The lowest BCUT2D eigenvalue weighted by Crippen LogP contribution is -2.40. The van der Waals surface area contributed by atoms with Crippen molar-refractivity contribution in [2.75, 3.05) is 13.4 Å². The van der Waals surface area contributed by atoms with Crippen LogP contribution in [0.4, 0.5) is 0 Å². The molecule has 2 aromatic heterocycles. The topological polar surface area (TPSA) is 121 Å². The first-order valence-electron chi connectivity index (χ1n) is 14.4. The number of allylic oxidation sites excluding steroid dienone is 1. The zero-order chi connectivity index (χ0) is 31.1. The van der Waals surface area contributed by atoms with Gasteiger partial charge in [-0.25, -0.2) is 14.6 Å². The van der Waals surface area contributed by atoms with Gasteiger partial charge in [0.2, 0.25) is 6.79 Å². The number of ether oxygens (including phenoxy) is 3. The molecule has 1 atom stereocenters. The molecule has 1 N–H and O–H groups in total. The van der Waals surface area contributed by atoms with Crippen LogP contribution in [-0.4, -0.2) is 39.6 Å². The van der Waals surface area contributed by atoms with E-state index in [4.69, 9.17) is 19.2 Å². The number of esters is 1. The molecule has 2 aliphatic heterocycles. The van der Waals surface area contributed by atoms with Crippen molar-refractivity contribution in [3.05, 3.63) is 108 Å². The lowest BCUT2D eigenvalue weighted by molar-refractivity contribution is -0.139. The van der Waals surface area contributed by atoms with Crippen LogP contribution >= 0.6 is 11.3 Å². The van der Waals surface area contributed by atoms with Crippen molar-refractivity contribution in [2.24, 2.45) is 4.99 Å². The van der Waals surface area contributed by atoms with Gasteiger partial charge in [-0.1, -0.05) is 36.8 Å². The van der Waals surface area contributed by atoms with E-state index < -0.39 is 18.0 Å². The molecular weight excluding hydrogens is 582 g/mol. The Labute approximate surface area is 256 Å². The second-order valence-corrected chi connectivity index (χ2v) is 11.6. The number of benzene rings is 2. The van der Waals surface area contributed by atoms with E-state index in [1.54, 1.807) is 41.8 Å². The van der Waals surface area contributed by atoms with Crippen LogP contribution in [0.3, 0.4) is 0 Å². The van der Waals surface area contributed by atoms with Crippen molar-refractivity contribution in [3.63, 3.8) is 0 Å². The largest absolute Gasteiger partial charge is 0.478 e. The number of fused-ring (bicyclic) bond motifs is 2. The van der Waals surface area contributed by atoms with Gasteiger partial charge in [0.15, 0.2) is 16.3 Å². The molecule has 0 aliphatic carbocycles. The summed E-state index contributed by atoms with van der Waals surface area (Å²) in [6.07, 6.45) is 3.12. The molecule has 0 bridgehead atoms. The molecule has 2 aromatic carbocycles. The van der Waals surface area contributed by atoms with Gasteiger partial charge < -0.3 is 23.9 Å². The lowest BCUT2D eigenvalue weighted by Gasteiger charge is -2.25. The predicted molar refractivity (Wildman–Crippen MR) is 164 cm³/mol. The number of aromatic nitrogens is 2. The number of carbonyl (C=O) groups excluding carboxylic acids is 1. The fourth-order valence-electron chi connectivity index (χ4n) is 5.77. The molecule has 11 heteroatoms. The van der Waals surface area contributed by atoms with Crippen molar-refractivity contribution in [1.29, 1.82) is 0 Å². The number of rotatable bonds is 8. The van der Waals surface area contributed by atoms with Crippen LogP contribution < -0.4 is 24.4 Å². The Kier molecular flexibility index (Phi) is 7.73. The first-order chi connectivity index (χ1) is 21.2. The quantitative estimate of drug-likeness (QED) is 0.292. The summed E-state index contributed by atoms with van der Waals surface area (Å²) in [6.45, 7) is 7.90. The van der Waals surface area contributed by atoms with Gasteiger partial charge in [0, 0.05) is 17.1 Å². The smallest absolute Gasteiger partial charge is 0.338 e. The molecule has 4 aromatic rings. The molecule has 0 amide bonds. The highest BCUT2D eigenvalue weighted by Gasteiger charge is 2.35. The molecule has 0 fully saturated rings. The fourth-order valence-corrected chi connectivity index (χ4v) is 6.78. The first kappa shape index (κ1) is 29.2. The standard InChI is InChI=1S/C33H31N3O7S/c1-5-8-24-28(32(40)41-6-2)29(20-11-12-25-26(15-20)43-17-42-25)36-30(37)27(44-33(36)34-24)16-22-13-18(3)35(19(22)4)23-10-7-9-21(14-23)31(38)39/h7,9-16,29H,5-6,8,17H2,1-4H3,(H,38,39)/b27-16-/t29-/m0/s1. The number of carboxylic acids is 1. The van der Waals surface area contributed by atoms with Crippen molar-refractivity contribution < 1.29 is 28.9 Å². The van der Waals surface area contributed by atoms with Crippen molar-refractivity contribution in [2.45, 2.75) is 46.6 Å². The third-order valence-corrected chi connectivity index (χ3v) is 8.70. The maximum Gasteiger partial charge on any atom is 0.338 e. The molecule has 10 nitrogen and oxygen atoms in total. The predicted octanol–water partition coefficient (Wildman–Crippen LogP) is 4.41. The Hall–Kier alpha value is -4.90. The van der Waals surface area contributed by atoms with Gasteiger partial charge in [0.05, 0.1) is 34.0 Å². The number of nitrogens with zero attached hydrogens (tertiary/aromatic N) is 3. The molecule has 0 saturated heterocycles. The summed E-state index contributed by atoms with van der Waals surface area (Å²) in [5, 5.41) is 9.48. The molecule has 0 saturated carbocycles. The van der Waals surface area contributed by atoms with Gasteiger partial charge in [-0.05, 0) is 80.8 Å². The molecular formula is C33H31N3O7S. The lowest BCUT2D eigenvalue weighted by atomic mass is 9.94. The van der Waals surface area contributed by atoms with E-state index in [0.717, 1.165) is 23.4 Å². The van der Waals surface area contributed by atoms with E-state index in [-0.39, 0.29) is 24.5 Å². The second kappa shape index (κ2) is 11.6. The molecule has 0 spiro atoms. The third kappa shape index (κ3) is 5.02. The highest BCUT2D eigenvalue weighted by atomic mass is 32.1. The number of hydrogen-bond donors (Lipinski definition) is 1. The van der Waals surface area contributed by atoms with Crippen LogP contribution in [0, 0.1) is 13.8 Å². The van der Waals surface area contributed by atoms with E-state index in [9.17, 15) is 19.5 Å². The van der Waals surface area contributed by atoms with Gasteiger partial charge in [-0.2, -0.15) is 0 Å². The Morgan fingerprint density at radius 2 is 1.91 bits per heavy atom. The van der Waals surface area contributed by atoms with Gasteiger partial charge in [0.25, 0.3) is 5.56 Å². The zero-order valence-electron chi connectivity index (χ0n) is 24.7. The average Bonchev–Trinajstić information content (AvgIpc) is 3.67. The number of thiazole rings is 1. The molecule has 226 valence electrons. The van der Waals surface area contributed by atoms with Gasteiger partial charge in [0.1, 0.15) is 0 Å². The van der Waals surface area contributed by atoms with Crippen LogP contribution in [-0.2, 0) is 9.53 Å². The Balaban J connectivity index is 1.53. The minimum absolute atomic E-state index is 0.0994. The summed E-state index contributed by atoms with van der Waals surface area (Å²) in [7, 11) is 0. The Bertz CT molecular complexity index is 2030. The normalized spacial score (nSPS) is 15.7. The van der Waals surface area contributed by atoms with Crippen LogP contribution in [0.1, 0.15) is 65.6 Å². The molecule has 2 aliphatic rings. The summed E-state index contributed by atoms with van der Waals surface area (Å²) in [6, 6.07) is 13.3. The number of aryl methyl sites for hydroxylation is 1. The van der Waals surface area contributed by atoms with Crippen LogP contribution in [0.2, 0.25) is 0 Å². The van der Waals surface area contributed by atoms with E-state index in [1.165, 1.54) is 11.3 Å². The number of carboxylic acid groups (broad SMARTS) is 1. The zero-order valence-corrected chi connectivity index (χ0v) is 25.6. The highest BCUT2D eigenvalue weighted by Crippen LogP contribution is 2.39. The molecule has 0 unspecified atom stereocenters. The van der Waals surface area contributed by atoms with Crippen molar-refractivity contribution in [1.82, 2.24) is 9.13 Å². The minimum Gasteiger partial charge on any atom is -0.478 e. The van der Waals surface area contributed by atoms with E-state index in [2.05, 4.69) is 0 Å². The van der Waals surface area contributed by atoms with Crippen LogP contribution in [0.5, 0.6) is 11.5 Å². The van der Waals surface area contributed by atoms with Gasteiger partial charge in [-0.15, -0.1) is 0 Å². The number of hydrogen-bond acceptors (Lipinski definition) is 8. The monoisotopic (exact) mass is 613 g/mol. The van der Waals surface area contributed by atoms with Crippen LogP contribution in [0.25, 0.3) is 11.8 Å². The average molecular weight is 614 g/mol. The number of carbonyl (C=O) groups is 2. The molecule has 0 radical (unpaired) electrons. The molecule has 4 heterocycles. The second-order valence-electron chi connectivity index (χ2n) is 10.5. The summed E-state index contributed by atoms with van der Waals surface area (Å²) < 4.78 is 20.6. The van der Waals surface area contributed by atoms with E-state index in [0.29, 0.717) is 49.8 Å². The van der Waals surface area contributed by atoms with Crippen LogP contribution in [0.15, 0.2) is 69.6 Å². The molecule has 6 rings (SSSR count). The molecule has 44 heavy (non-hydrogen) atoms. The van der Waals surface area contributed by atoms with Crippen molar-refractivity contribution >= 4 is 29.4 Å². The minimum atomic E-state index is -1.00. The third-order valence-electron chi connectivity index (χ3n) is 7.71. The van der Waals surface area contributed by atoms with Gasteiger partial charge >= 0.3 is 11.9 Å². The first-order valence-corrected chi connectivity index (χ1v) is 15.2. The van der Waals surface area contributed by atoms with Crippen molar-refractivity contribution in [3.8, 4) is 17.2 Å². The Morgan fingerprint density at radius 1 is 1.11 bits per heavy atom. The maximum absolute atomic E-state index is 14.2. The number of aromatic carboxylic acids is 1. The maximum atomic E-state index is 14.2. The summed E-state index contributed by atoms with van der Waals surface area (Å²) in [4.78, 5) is 44.6. The summed E-state index contributed by atoms with van der Waals surface area (Å²) >= 11 is 1.26. The fraction of sp³-hybridized carbons (Fsp3) is 0.273. The highest BCUT2D eigenvalue weighted by molar-refractivity contribution is 7.07.